The molecule has 0 spiro atoms. The van der Waals surface area contributed by atoms with Gasteiger partial charge >= 0.3 is 0 Å². The largest absolute Gasteiger partial charge is 0.352 e. The van der Waals surface area contributed by atoms with Crippen LogP contribution < -0.4 is 0 Å². The van der Waals surface area contributed by atoms with Crippen LogP contribution in [0.15, 0.2) is 24.3 Å². The van der Waals surface area contributed by atoms with Gasteiger partial charge in [-0.2, -0.15) is 0 Å². The van der Waals surface area contributed by atoms with Crippen LogP contribution >= 0.6 is 0 Å². The quantitative estimate of drug-likeness (QED) is 0.721. The molecule has 1 aliphatic carbocycles. The zero-order valence-electron chi connectivity index (χ0n) is 9.85. The van der Waals surface area contributed by atoms with Crippen LogP contribution in [-0.4, -0.2) is 12.9 Å². The summed E-state index contributed by atoms with van der Waals surface area (Å²) < 4.78 is 11.8. The van der Waals surface area contributed by atoms with Gasteiger partial charge in [0.25, 0.3) is 0 Å². The van der Waals surface area contributed by atoms with Gasteiger partial charge in [0.05, 0.1) is 12.7 Å². The molecular weight excluding hydrogens is 200 g/mol. The van der Waals surface area contributed by atoms with Crippen LogP contribution in [0.4, 0.5) is 0 Å². The zero-order valence-corrected chi connectivity index (χ0v) is 9.85. The minimum absolute atomic E-state index is 0.0348. The Morgan fingerprint density at radius 3 is 2.88 bits per heavy atom. The molecule has 0 aromatic heterocycles. The lowest BCUT2D eigenvalue weighted by atomic mass is 10.0. The molecule has 0 N–H and O–H groups in total. The number of rotatable bonds is 1. The Bertz CT molecular complexity index is 386. The third-order valence-corrected chi connectivity index (χ3v) is 3.57. The molecule has 3 atom stereocenters. The molecule has 1 aromatic carbocycles. The molecule has 86 valence electrons. The number of hydrogen-bond donors (Lipinski definition) is 0. The second-order valence-corrected chi connectivity index (χ2v) is 5.17. The van der Waals surface area contributed by atoms with Gasteiger partial charge in [-0.05, 0) is 17.5 Å². The summed E-state index contributed by atoms with van der Waals surface area (Å²) in [5.74, 6) is 0.945. The minimum Gasteiger partial charge on any atom is -0.352 e. The first kappa shape index (κ1) is 10.3. The van der Waals surface area contributed by atoms with Crippen molar-refractivity contribution >= 4 is 0 Å². The van der Waals surface area contributed by atoms with Crippen LogP contribution in [0.25, 0.3) is 0 Å². The highest BCUT2D eigenvalue weighted by atomic mass is 16.7. The third kappa shape index (κ3) is 1.57. The van der Waals surface area contributed by atoms with E-state index in [1.807, 2.05) is 0 Å². The van der Waals surface area contributed by atoms with Crippen molar-refractivity contribution in [2.75, 3.05) is 6.61 Å². The molecule has 2 heteroatoms. The molecule has 0 unspecified atom stereocenters. The first-order valence-electron chi connectivity index (χ1n) is 6.10. The maximum atomic E-state index is 6.08. The topological polar surface area (TPSA) is 18.5 Å². The lowest BCUT2D eigenvalue weighted by Crippen LogP contribution is -2.35. The highest BCUT2D eigenvalue weighted by molar-refractivity contribution is 5.35. The van der Waals surface area contributed by atoms with Crippen LogP contribution in [0, 0.1) is 11.8 Å². The molecule has 1 heterocycles. The molecule has 0 amide bonds. The SMILES string of the molecule is CC(C)[C@H]1OC[C@@H]2Cc3ccccc3[C@@H]2O1. The standard InChI is InChI=1S/C14H18O2/c1-9(2)14-15-8-11-7-10-5-3-4-6-12(10)13(11)16-14/h3-6,9,11,13-14H,7-8H2,1-2H3/t11-,13+,14-/m0/s1. The monoisotopic (exact) mass is 218 g/mol. The molecular formula is C14H18O2. The van der Waals surface area contributed by atoms with E-state index in [1.165, 1.54) is 11.1 Å². The van der Waals surface area contributed by atoms with Crippen LogP contribution in [0.3, 0.4) is 0 Å². The van der Waals surface area contributed by atoms with Crippen LogP contribution in [0.2, 0.25) is 0 Å². The average Bonchev–Trinajstić information content (AvgIpc) is 2.66. The summed E-state index contributed by atoms with van der Waals surface area (Å²) in [5, 5.41) is 0. The highest BCUT2D eigenvalue weighted by Crippen LogP contribution is 2.43. The van der Waals surface area contributed by atoms with E-state index in [1.54, 1.807) is 0 Å². The molecule has 16 heavy (non-hydrogen) atoms. The summed E-state index contributed by atoms with van der Waals surface area (Å²) in [7, 11) is 0. The van der Waals surface area contributed by atoms with Crippen molar-refractivity contribution in [3.05, 3.63) is 35.4 Å². The van der Waals surface area contributed by atoms with Crippen LogP contribution in [-0.2, 0) is 15.9 Å². The van der Waals surface area contributed by atoms with Crippen molar-refractivity contribution in [1.82, 2.24) is 0 Å². The summed E-state index contributed by atoms with van der Waals surface area (Å²) >= 11 is 0. The summed E-state index contributed by atoms with van der Waals surface area (Å²) in [6, 6.07) is 8.62. The average molecular weight is 218 g/mol. The maximum absolute atomic E-state index is 6.08. The lowest BCUT2D eigenvalue weighted by molar-refractivity contribution is -0.251. The van der Waals surface area contributed by atoms with E-state index >= 15 is 0 Å². The Kier molecular flexibility index (Phi) is 2.49. The van der Waals surface area contributed by atoms with Gasteiger partial charge in [-0.1, -0.05) is 38.1 Å². The van der Waals surface area contributed by atoms with E-state index in [4.69, 9.17) is 9.47 Å². The third-order valence-electron chi connectivity index (χ3n) is 3.57. The minimum atomic E-state index is -0.0348. The van der Waals surface area contributed by atoms with Crippen molar-refractivity contribution in [3.8, 4) is 0 Å². The molecule has 1 saturated heterocycles. The van der Waals surface area contributed by atoms with E-state index in [0.717, 1.165) is 13.0 Å². The summed E-state index contributed by atoms with van der Waals surface area (Å²) in [4.78, 5) is 0. The Hall–Kier alpha value is -0.860. The molecule has 1 aliphatic heterocycles. The first-order valence-corrected chi connectivity index (χ1v) is 6.10. The fraction of sp³-hybridized carbons (Fsp3) is 0.571. The molecule has 2 nitrogen and oxygen atoms in total. The summed E-state index contributed by atoms with van der Waals surface area (Å²) in [6.07, 6.45) is 1.33. The van der Waals surface area contributed by atoms with Crippen molar-refractivity contribution in [1.29, 1.82) is 0 Å². The predicted octanol–water partition coefficient (Wildman–Crippen LogP) is 2.93. The second-order valence-electron chi connectivity index (χ2n) is 5.17. The Labute approximate surface area is 96.6 Å². The molecule has 0 bridgehead atoms. The van der Waals surface area contributed by atoms with Gasteiger partial charge < -0.3 is 9.47 Å². The van der Waals surface area contributed by atoms with Crippen LogP contribution in [0.1, 0.15) is 31.1 Å². The molecule has 2 aliphatic rings. The van der Waals surface area contributed by atoms with Crippen molar-refractivity contribution in [3.63, 3.8) is 0 Å². The van der Waals surface area contributed by atoms with E-state index < -0.39 is 0 Å². The van der Waals surface area contributed by atoms with Gasteiger partial charge in [0.2, 0.25) is 0 Å². The molecule has 1 fully saturated rings. The molecule has 3 rings (SSSR count). The molecule has 1 aromatic rings. The van der Waals surface area contributed by atoms with Crippen molar-refractivity contribution in [2.45, 2.75) is 32.7 Å². The van der Waals surface area contributed by atoms with Gasteiger partial charge in [-0.25, -0.2) is 0 Å². The highest BCUT2D eigenvalue weighted by Gasteiger charge is 2.39. The van der Waals surface area contributed by atoms with Gasteiger partial charge in [0.1, 0.15) is 0 Å². The van der Waals surface area contributed by atoms with Gasteiger partial charge in [0, 0.05) is 11.8 Å². The second kappa shape index (κ2) is 3.86. The predicted molar refractivity (Wildman–Crippen MR) is 62.0 cm³/mol. The molecule has 0 saturated carbocycles. The first-order chi connectivity index (χ1) is 7.75. The van der Waals surface area contributed by atoms with Gasteiger partial charge in [0.15, 0.2) is 6.29 Å². The maximum Gasteiger partial charge on any atom is 0.160 e. The Balaban J connectivity index is 1.87. The summed E-state index contributed by atoms with van der Waals surface area (Å²) in [5.41, 5.74) is 2.81. The van der Waals surface area contributed by atoms with E-state index in [2.05, 4.69) is 38.1 Å². The smallest absolute Gasteiger partial charge is 0.160 e. The summed E-state index contributed by atoms with van der Waals surface area (Å²) in [6.45, 7) is 5.12. The van der Waals surface area contributed by atoms with Crippen molar-refractivity contribution < 1.29 is 9.47 Å². The lowest BCUT2D eigenvalue weighted by Gasteiger charge is -2.35. The van der Waals surface area contributed by atoms with E-state index in [0.29, 0.717) is 11.8 Å². The van der Waals surface area contributed by atoms with E-state index in [9.17, 15) is 0 Å². The van der Waals surface area contributed by atoms with Gasteiger partial charge in [-0.15, -0.1) is 0 Å². The number of hydrogen-bond acceptors (Lipinski definition) is 2. The fourth-order valence-corrected chi connectivity index (χ4v) is 2.72. The Morgan fingerprint density at radius 2 is 2.06 bits per heavy atom. The van der Waals surface area contributed by atoms with Gasteiger partial charge in [-0.3, -0.25) is 0 Å². The zero-order chi connectivity index (χ0) is 11.1. The Morgan fingerprint density at radius 1 is 1.25 bits per heavy atom. The molecule has 0 radical (unpaired) electrons. The number of ether oxygens (including phenoxy) is 2. The fourth-order valence-electron chi connectivity index (χ4n) is 2.72. The number of fused-ring (bicyclic) bond motifs is 3. The van der Waals surface area contributed by atoms with Crippen LogP contribution in [0.5, 0.6) is 0 Å². The normalized spacial score (nSPS) is 32.6. The number of benzene rings is 1. The van der Waals surface area contributed by atoms with Crippen molar-refractivity contribution in [2.24, 2.45) is 11.8 Å². The van der Waals surface area contributed by atoms with E-state index in [-0.39, 0.29) is 12.4 Å².